The Morgan fingerprint density at radius 2 is 1.67 bits per heavy atom. The van der Waals surface area contributed by atoms with Crippen LogP contribution >= 0.6 is 0 Å². The molecular formula is C15H25FN2. The standard InChI is InChI=1S/C15H25FN2/c1-15(2,3)18-11-4-10-17-12-9-13-5-7-14(16)8-6-13/h5-8,17-18H,4,9-12H2,1-3H3. The highest BCUT2D eigenvalue weighted by Crippen LogP contribution is 2.02. The first-order valence-electron chi connectivity index (χ1n) is 6.67. The maximum atomic E-state index is 12.7. The lowest BCUT2D eigenvalue weighted by atomic mass is 10.1. The van der Waals surface area contributed by atoms with Crippen molar-refractivity contribution in [3.8, 4) is 0 Å². The third-order valence-corrected chi connectivity index (χ3v) is 2.69. The van der Waals surface area contributed by atoms with Gasteiger partial charge in [-0.1, -0.05) is 12.1 Å². The summed E-state index contributed by atoms with van der Waals surface area (Å²) < 4.78 is 12.7. The molecule has 0 radical (unpaired) electrons. The Labute approximate surface area is 110 Å². The Hall–Kier alpha value is -0.930. The fourth-order valence-electron chi connectivity index (χ4n) is 1.69. The van der Waals surface area contributed by atoms with Crippen LogP contribution in [-0.2, 0) is 6.42 Å². The van der Waals surface area contributed by atoms with E-state index < -0.39 is 0 Å². The van der Waals surface area contributed by atoms with Crippen LogP contribution in [0, 0.1) is 5.82 Å². The van der Waals surface area contributed by atoms with Crippen LogP contribution in [0.5, 0.6) is 0 Å². The minimum absolute atomic E-state index is 0.167. The average molecular weight is 252 g/mol. The summed E-state index contributed by atoms with van der Waals surface area (Å²) in [4.78, 5) is 0. The zero-order valence-corrected chi connectivity index (χ0v) is 11.7. The SMILES string of the molecule is CC(C)(C)NCCCNCCc1ccc(F)cc1. The molecule has 0 saturated heterocycles. The highest BCUT2D eigenvalue weighted by Gasteiger charge is 2.06. The molecule has 0 saturated carbocycles. The number of halogens is 1. The molecule has 1 rings (SSSR count). The quantitative estimate of drug-likeness (QED) is 0.729. The summed E-state index contributed by atoms with van der Waals surface area (Å²) in [7, 11) is 0. The summed E-state index contributed by atoms with van der Waals surface area (Å²) in [5, 5.41) is 6.86. The monoisotopic (exact) mass is 252 g/mol. The van der Waals surface area contributed by atoms with E-state index in [1.54, 1.807) is 0 Å². The van der Waals surface area contributed by atoms with Gasteiger partial charge < -0.3 is 10.6 Å². The number of rotatable bonds is 7. The van der Waals surface area contributed by atoms with Crippen molar-refractivity contribution in [3.63, 3.8) is 0 Å². The number of hydrogen-bond donors (Lipinski definition) is 2. The molecule has 2 nitrogen and oxygen atoms in total. The molecule has 0 aliphatic carbocycles. The first-order valence-corrected chi connectivity index (χ1v) is 6.67. The molecule has 0 aromatic heterocycles. The number of benzene rings is 1. The van der Waals surface area contributed by atoms with E-state index in [0.717, 1.165) is 32.5 Å². The predicted octanol–water partition coefficient (Wildman–Crippen LogP) is 2.74. The van der Waals surface area contributed by atoms with Crippen molar-refractivity contribution in [1.29, 1.82) is 0 Å². The summed E-state index contributed by atoms with van der Waals surface area (Å²) in [6.07, 6.45) is 2.08. The van der Waals surface area contributed by atoms with Gasteiger partial charge in [0.2, 0.25) is 0 Å². The Kier molecular flexibility index (Phi) is 6.30. The topological polar surface area (TPSA) is 24.1 Å². The van der Waals surface area contributed by atoms with E-state index >= 15 is 0 Å². The fraction of sp³-hybridized carbons (Fsp3) is 0.600. The molecule has 18 heavy (non-hydrogen) atoms. The van der Waals surface area contributed by atoms with Gasteiger partial charge in [-0.15, -0.1) is 0 Å². The molecule has 0 fully saturated rings. The zero-order valence-electron chi connectivity index (χ0n) is 11.7. The Morgan fingerprint density at radius 1 is 1.00 bits per heavy atom. The largest absolute Gasteiger partial charge is 0.316 e. The van der Waals surface area contributed by atoms with Crippen LogP contribution in [0.25, 0.3) is 0 Å². The Morgan fingerprint density at radius 3 is 2.28 bits per heavy atom. The van der Waals surface area contributed by atoms with Gasteiger partial charge in [0.05, 0.1) is 0 Å². The van der Waals surface area contributed by atoms with Gasteiger partial charge in [-0.05, 0) is 70.9 Å². The van der Waals surface area contributed by atoms with Crippen LogP contribution < -0.4 is 10.6 Å². The lowest BCUT2D eigenvalue weighted by Crippen LogP contribution is -2.37. The number of hydrogen-bond acceptors (Lipinski definition) is 2. The van der Waals surface area contributed by atoms with Gasteiger partial charge in [0.25, 0.3) is 0 Å². The average Bonchev–Trinajstić information content (AvgIpc) is 2.29. The molecule has 1 aromatic rings. The second kappa shape index (κ2) is 7.49. The summed E-state index contributed by atoms with van der Waals surface area (Å²) in [6.45, 7) is 9.53. The van der Waals surface area contributed by atoms with Crippen molar-refractivity contribution in [2.24, 2.45) is 0 Å². The van der Waals surface area contributed by atoms with Crippen LogP contribution in [0.15, 0.2) is 24.3 Å². The van der Waals surface area contributed by atoms with E-state index in [9.17, 15) is 4.39 Å². The minimum atomic E-state index is -0.167. The second-order valence-corrected chi connectivity index (χ2v) is 5.66. The molecule has 0 spiro atoms. The summed E-state index contributed by atoms with van der Waals surface area (Å²) in [6, 6.07) is 6.72. The maximum Gasteiger partial charge on any atom is 0.123 e. The van der Waals surface area contributed by atoms with E-state index in [-0.39, 0.29) is 11.4 Å². The second-order valence-electron chi connectivity index (χ2n) is 5.66. The van der Waals surface area contributed by atoms with Crippen LogP contribution in [0.1, 0.15) is 32.8 Å². The molecule has 0 aliphatic rings. The van der Waals surface area contributed by atoms with Gasteiger partial charge >= 0.3 is 0 Å². The van der Waals surface area contributed by atoms with Crippen LogP contribution in [0.3, 0.4) is 0 Å². The molecule has 1 aromatic carbocycles. The van der Waals surface area contributed by atoms with Gasteiger partial charge in [0, 0.05) is 5.54 Å². The van der Waals surface area contributed by atoms with E-state index in [4.69, 9.17) is 0 Å². The first-order chi connectivity index (χ1) is 8.47. The van der Waals surface area contributed by atoms with E-state index in [0.29, 0.717) is 0 Å². The van der Waals surface area contributed by atoms with Crippen LogP contribution in [-0.4, -0.2) is 25.2 Å². The summed E-state index contributed by atoms with van der Waals surface area (Å²) in [5.41, 5.74) is 1.38. The molecule has 3 heteroatoms. The van der Waals surface area contributed by atoms with Crippen LogP contribution in [0.4, 0.5) is 4.39 Å². The maximum absolute atomic E-state index is 12.7. The van der Waals surface area contributed by atoms with Crippen molar-refractivity contribution < 1.29 is 4.39 Å². The molecule has 0 atom stereocenters. The molecule has 0 bridgehead atoms. The molecule has 102 valence electrons. The van der Waals surface area contributed by atoms with Crippen molar-refractivity contribution >= 4 is 0 Å². The van der Waals surface area contributed by atoms with E-state index in [2.05, 4.69) is 31.4 Å². The number of nitrogens with one attached hydrogen (secondary N) is 2. The molecule has 0 unspecified atom stereocenters. The van der Waals surface area contributed by atoms with E-state index in [1.807, 2.05) is 12.1 Å². The Balaban J connectivity index is 2.00. The smallest absolute Gasteiger partial charge is 0.123 e. The third kappa shape index (κ3) is 7.41. The summed E-state index contributed by atoms with van der Waals surface area (Å²) in [5.74, 6) is -0.167. The van der Waals surface area contributed by atoms with Gasteiger partial charge in [-0.2, -0.15) is 0 Å². The fourth-order valence-corrected chi connectivity index (χ4v) is 1.69. The molecule has 0 amide bonds. The predicted molar refractivity (Wildman–Crippen MR) is 75.3 cm³/mol. The van der Waals surface area contributed by atoms with Crippen molar-refractivity contribution in [2.45, 2.75) is 39.2 Å². The normalized spacial score (nSPS) is 11.8. The minimum Gasteiger partial charge on any atom is -0.316 e. The van der Waals surface area contributed by atoms with Gasteiger partial charge in [-0.3, -0.25) is 0 Å². The highest BCUT2D eigenvalue weighted by atomic mass is 19.1. The van der Waals surface area contributed by atoms with Gasteiger partial charge in [0.15, 0.2) is 0 Å². The highest BCUT2D eigenvalue weighted by molar-refractivity contribution is 5.16. The van der Waals surface area contributed by atoms with Crippen molar-refractivity contribution in [1.82, 2.24) is 10.6 Å². The lowest BCUT2D eigenvalue weighted by Gasteiger charge is -2.20. The lowest BCUT2D eigenvalue weighted by molar-refractivity contribution is 0.419. The Bertz CT molecular complexity index is 327. The van der Waals surface area contributed by atoms with Crippen molar-refractivity contribution in [2.75, 3.05) is 19.6 Å². The molecule has 0 aliphatic heterocycles. The molecular weight excluding hydrogens is 227 g/mol. The molecule has 2 N–H and O–H groups in total. The van der Waals surface area contributed by atoms with Gasteiger partial charge in [0.1, 0.15) is 5.82 Å². The summed E-state index contributed by atoms with van der Waals surface area (Å²) >= 11 is 0. The third-order valence-electron chi connectivity index (χ3n) is 2.69. The zero-order chi connectivity index (χ0) is 13.4. The van der Waals surface area contributed by atoms with E-state index in [1.165, 1.54) is 17.7 Å². The van der Waals surface area contributed by atoms with Crippen LogP contribution in [0.2, 0.25) is 0 Å². The first kappa shape index (κ1) is 15.1. The molecule has 0 heterocycles. The van der Waals surface area contributed by atoms with Gasteiger partial charge in [-0.25, -0.2) is 4.39 Å². The van der Waals surface area contributed by atoms with Crippen molar-refractivity contribution in [3.05, 3.63) is 35.6 Å².